The van der Waals surface area contributed by atoms with Crippen LogP contribution in [0.3, 0.4) is 0 Å². The minimum atomic E-state index is -0.471. The first-order valence-electron chi connectivity index (χ1n) is 10.5. The number of ether oxygens (including phenoxy) is 2. The Labute approximate surface area is 173 Å². The molecule has 1 aromatic heterocycles. The number of hydrogen-bond donors (Lipinski definition) is 0. The third-order valence-corrected chi connectivity index (χ3v) is 6.28. The summed E-state index contributed by atoms with van der Waals surface area (Å²) >= 11 is 0. The van der Waals surface area contributed by atoms with Crippen LogP contribution in [-0.2, 0) is 15.9 Å². The van der Waals surface area contributed by atoms with Gasteiger partial charge in [-0.2, -0.15) is 0 Å². The highest BCUT2D eigenvalue weighted by Gasteiger charge is 2.52. The van der Waals surface area contributed by atoms with Crippen molar-refractivity contribution in [1.29, 1.82) is 0 Å². The van der Waals surface area contributed by atoms with E-state index in [9.17, 15) is 0 Å². The Morgan fingerprint density at radius 3 is 2.34 bits per heavy atom. The van der Waals surface area contributed by atoms with E-state index in [1.165, 1.54) is 19.3 Å². The highest BCUT2D eigenvalue weighted by Crippen LogP contribution is 2.37. The molecule has 0 radical (unpaired) electrons. The van der Waals surface area contributed by atoms with Crippen molar-refractivity contribution in [3.05, 3.63) is 48.2 Å². The maximum absolute atomic E-state index is 6.17. The van der Waals surface area contributed by atoms with Gasteiger partial charge in [0.2, 0.25) is 0 Å². The molecular formula is C23H30BNO4. The quantitative estimate of drug-likeness (QED) is 0.660. The molecule has 2 aromatic rings. The topological polar surface area (TPSA) is 49.8 Å². The van der Waals surface area contributed by atoms with Crippen molar-refractivity contribution in [3.8, 4) is 11.6 Å². The van der Waals surface area contributed by atoms with Crippen molar-refractivity contribution in [1.82, 2.24) is 4.98 Å². The Hall–Kier alpha value is -2.05. The highest BCUT2D eigenvalue weighted by atomic mass is 16.7. The summed E-state index contributed by atoms with van der Waals surface area (Å²) in [4.78, 5) is 4.55. The summed E-state index contributed by atoms with van der Waals surface area (Å²) in [5, 5.41) is 0. The van der Waals surface area contributed by atoms with Crippen molar-refractivity contribution in [2.75, 3.05) is 6.61 Å². The summed E-state index contributed by atoms with van der Waals surface area (Å²) < 4.78 is 24.5. The minimum absolute atomic E-state index is 0.396. The summed E-state index contributed by atoms with van der Waals surface area (Å²) in [6.07, 6.45) is 5.51. The Bertz CT molecular complexity index is 820. The molecule has 0 bridgehead atoms. The molecule has 6 heteroatoms. The number of benzene rings is 1. The molecule has 0 spiro atoms. The van der Waals surface area contributed by atoms with Crippen LogP contribution in [0.1, 0.15) is 52.5 Å². The molecule has 29 heavy (non-hydrogen) atoms. The molecule has 1 aromatic carbocycles. The van der Waals surface area contributed by atoms with Crippen molar-refractivity contribution in [2.45, 2.75) is 64.8 Å². The van der Waals surface area contributed by atoms with Crippen LogP contribution in [0.15, 0.2) is 42.6 Å². The lowest BCUT2D eigenvalue weighted by Crippen LogP contribution is -2.41. The third kappa shape index (κ3) is 4.43. The fourth-order valence-electron chi connectivity index (χ4n) is 3.36. The van der Waals surface area contributed by atoms with E-state index in [-0.39, 0.29) is 0 Å². The Morgan fingerprint density at radius 2 is 1.72 bits per heavy atom. The normalized spacial score (nSPS) is 20.3. The van der Waals surface area contributed by atoms with Gasteiger partial charge in [0.1, 0.15) is 6.61 Å². The van der Waals surface area contributed by atoms with Crippen molar-refractivity contribution in [3.63, 3.8) is 0 Å². The number of hydrogen-bond acceptors (Lipinski definition) is 5. The van der Waals surface area contributed by atoms with E-state index in [2.05, 4.69) is 4.98 Å². The molecule has 1 saturated heterocycles. The van der Waals surface area contributed by atoms with Crippen molar-refractivity contribution in [2.24, 2.45) is 5.92 Å². The first-order valence-corrected chi connectivity index (χ1v) is 10.5. The second kappa shape index (κ2) is 8.00. The SMILES string of the molecule is CC1(C)OB(c2cnc(OCc3ccccc3)c(OCC3CCC3)c2)OC1(C)C. The van der Waals surface area contributed by atoms with Crippen LogP contribution < -0.4 is 14.9 Å². The molecule has 0 amide bonds. The average molecular weight is 395 g/mol. The van der Waals surface area contributed by atoms with E-state index in [0.29, 0.717) is 30.8 Å². The monoisotopic (exact) mass is 395 g/mol. The first kappa shape index (κ1) is 20.2. The molecule has 0 unspecified atom stereocenters. The zero-order chi connectivity index (χ0) is 20.5. The number of aromatic nitrogens is 1. The standard InChI is InChI=1S/C23H30BNO4/c1-22(2)23(3,4)29-24(28-22)19-13-20(26-15-18-11-8-12-18)21(25-14-19)27-16-17-9-6-5-7-10-17/h5-7,9-10,13-14,18H,8,11-12,15-16H2,1-4H3. The maximum Gasteiger partial charge on any atom is 0.496 e. The van der Waals surface area contributed by atoms with E-state index < -0.39 is 18.3 Å². The van der Waals surface area contributed by atoms with Gasteiger partial charge in [-0.1, -0.05) is 36.8 Å². The van der Waals surface area contributed by atoms with Crippen molar-refractivity contribution < 1.29 is 18.8 Å². The summed E-state index contributed by atoms with van der Waals surface area (Å²) in [5.74, 6) is 1.78. The van der Waals surface area contributed by atoms with Gasteiger partial charge in [0.05, 0.1) is 17.8 Å². The lowest BCUT2D eigenvalue weighted by atomic mass is 9.80. The molecule has 2 fully saturated rings. The lowest BCUT2D eigenvalue weighted by molar-refractivity contribution is 0.00578. The van der Waals surface area contributed by atoms with Crippen LogP contribution in [0.5, 0.6) is 11.6 Å². The molecular weight excluding hydrogens is 365 g/mol. The zero-order valence-electron chi connectivity index (χ0n) is 17.8. The Kier molecular flexibility index (Phi) is 5.58. The molecule has 154 valence electrons. The highest BCUT2D eigenvalue weighted by molar-refractivity contribution is 6.62. The molecule has 4 rings (SSSR count). The average Bonchev–Trinajstić information content (AvgIpc) is 2.87. The van der Waals surface area contributed by atoms with Gasteiger partial charge in [0, 0.05) is 11.7 Å². The van der Waals surface area contributed by atoms with Crippen LogP contribution in [0.2, 0.25) is 0 Å². The van der Waals surface area contributed by atoms with Gasteiger partial charge in [-0.25, -0.2) is 4.98 Å². The number of pyridine rings is 1. The third-order valence-electron chi connectivity index (χ3n) is 6.28. The van der Waals surface area contributed by atoms with Crippen LogP contribution in [0.4, 0.5) is 0 Å². The Morgan fingerprint density at radius 1 is 1.03 bits per heavy atom. The van der Waals surface area contributed by atoms with Crippen molar-refractivity contribution >= 4 is 12.6 Å². The predicted molar refractivity (Wildman–Crippen MR) is 114 cm³/mol. The van der Waals surface area contributed by atoms with Gasteiger partial charge in [-0.05, 0) is 58.1 Å². The second-order valence-electron chi connectivity index (χ2n) is 9.04. The van der Waals surface area contributed by atoms with Crippen LogP contribution in [0, 0.1) is 5.92 Å². The summed E-state index contributed by atoms with van der Waals surface area (Å²) in [7, 11) is -0.471. The lowest BCUT2D eigenvalue weighted by Gasteiger charge is -2.32. The van der Waals surface area contributed by atoms with Gasteiger partial charge in [-0.3, -0.25) is 0 Å². The molecule has 2 heterocycles. The van der Waals surface area contributed by atoms with E-state index in [0.717, 1.165) is 11.0 Å². The summed E-state index contributed by atoms with van der Waals surface area (Å²) in [6, 6.07) is 12.0. The molecule has 1 aliphatic heterocycles. The van der Waals surface area contributed by atoms with Gasteiger partial charge in [0.25, 0.3) is 5.88 Å². The van der Waals surface area contributed by atoms with Gasteiger partial charge in [-0.15, -0.1) is 0 Å². The Balaban J connectivity index is 1.53. The summed E-state index contributed by atoms with van der Waals surface area (Å²) in [6.45, 7) is 9.33. The maximum atomic E-state index is 6.17. The van der Waals surface area contributed by atoms with Crippen LogP contribution in [-0.4, -0.2) is 29.9 Å². The molecule has 0 atom stereocenters. The van der Waals surface area contributed by atoms with E-state index in [1.54, 1.807) is 6.20 Å². The molecule has 2 aliphatic rings. The van der Waals surface area contributed by atoms with Gasteiger partial charge in [0.15, 0.2) is 5.75 Å². The van der Waals surface area contributed by atoms with Gasteiger partial charge >= 0.3 is 7.12 Å². The van der Waals surface area contributed by atoms with Crippen LogP contribution >= 0.6 is 0 Å². The molecule has 1 aliphatic carbocycles. The fraction of sp³-hybridized carbons (Fsp3) is 0.522. The first-order chi connectivity index (χ1) is 13.8. The second-order valence-corrected chi connectivity index (χ2v) is 9.04. The van der Waals surface area contributed by atoms with E-state index >= 15 is 0 Å². The van der Waals surface area contributed by atoms with Gasteiger partial charge < -0.3 is 18.8 Å². The number of rotatable bonds is 7. The summed E-state index contributed by atoms with van der Waals surface area (Å²) in [5.41, 5.74) is 1.15. The number of nitrogens with zero attached hydrogens (tertiary/aromatic N) is 1. The molecule has 1 saturated carbocycles. The van der Waals surface area contributed by atoms with E-state index in [1.807, 2.05) is 64.1 Å². The predicted octanol–water partition coefficient (Wildman–Crippen LogP) is 4.14. The molecule has 5 nitrogen and oxygen atoms in total. The minimum Gasteiger partial charge on any atom is -0.488 e. The largest absolute Gasteiger partial charge is 0.496 e. The van der Waals surface area contributed by atoms with Crippen LogP contribution in [0.25, 0.3) is 0 Å². The zero-order valence-corrected chi connectivity index (χ0v) is 17.8. The van der Waals surface area contributed by atoms with E-state index in [4.69, 9.17) is 18.8 Å². The fourth-order valence-corrected chi connectivity index (χ4v) is 3.36. The molecule has 0 N–H and O–H groups in total. The smallest absolute Gasteiger partial charge is 0.488 e.